The van der Waals surface area contributed by atoms with Gasteiger partial charge in [-0.3, -0.25) is 9.59 Å². The van der Waals surface area contributed by atoms with Crippen molar-refractivity contribution in [2.24, 2.45) is 27.8 Å². The molecule has 4 atom stereocenters. The number of dihydropyridines is 1. The number of phenolic OH excluding ortho intramolecular Hbond substituents is 1. The minimum atomic E-state index is -0.766. The van der Waals surface area contributed by atoms with Gasteiger partial charge < -0.3 is 46.7 Å². The number of allylic oxidation sites excluding steroid dienone is 2. The lowest BCUT2D eigenvalue weighted by molar-refractivity contribution is -0.168. The number of aliphatic imine (C=N–C) groups is 1. The number of hydrogen-bond donors (Lipinski definition) is 6. The van der Waals surface area contributed by atoms with E-state index in [0.717, 1.165) is 49.0 Å². The number of benzene rings is 1. The van der Waals surface area contributed by atoms with Crippen LogP contribution < -0.4 is 26.8 Å². The fourth-order valence-corrected chi connectivity index (χ4v) is 9.94. The van der Waals surface area contributed by atoms with Crippen LogP contribution in [-0.2, 0) is 27.3 Å². The Morgan fingerprint density at radius 3 is 2.75 bits per heavy atom. The van der Waals surface area contributed by atoms with E-state index in [4.69, 9.17) is 20.9 Å². The van der Waals surface area contributed by atoms with Crippen LogP contribution in [0.4, 0.5) is 0 Å². The lowest BCUT2D eigenvalue weighted by Gasteiger charge is -2.42. The number of aromatic hydroxyl groups is 1. The maximum absolute atomic E-state index is 13.7. The van der Waals surface area contributed by atoms with E-state index < -0.39 is 11.7 Å². The maximum Gasteiger partial charge on any atom is 0.303 e. The highest BCUT2D eigenvalue weighted by Gasteiger charge is 2.44. The van der Waals surface area contributed by atoms with Crippen LogP contribution in [0.2, 0.25) is 0 Å². The number of nitrogens with one attached hydrogen (secondary N) is 2. The van der Waals surface area contributed by atoms with E-state index in [0.29, 0.717) is 93.6 Å². The average Bonchev–Trinajstić information content (AvgIpc) is 3.38. The third kappa shape index (κ3) is 10.9. The fraction of sp³-hybridized carbons (Fsp3) is 0.649. The molecule has 1 aliphatic carbocycles. The van der Waals surface area contributed by atoms with Gasteiger partial charge >= 0.3 is 5.97 Å². The molecule has 4 aliphatic heterocycles. The van der Waals surface area contributed by atoms with Gasteiger partial charge in [-0.05, 0) is 80.6 Å². The standard InChI is InChI=1S/C37H56N6O6S2/c1-25(44)49-37-10-7-26-16-29(34(47)31(17-26)48-2)22-43-23-36(21-33(43)46,19-27-9-13-40-32(38)18-27)12-14-41-35(39)42-24-51-50-15-5-3-4-6-28(8-11-37)30(45)20-37/h9,16-18,28,30,40,45,47H,3-8,10-15,19-24,38H2,1-2H3,(H3,39,41,42)/t28-,30-,36+,37+/m1/s1. The van der Waals surface area contributed by atoms with Crippen LogP contribution in [0, 0.1) is 11.3 Å². The summed E-state index contributed by atoms with van der Waals surface area (Å²) in [7, 11) is 4.99. The Labute approximate surface area is 310 Å². The minimum absolute atomic E-state index is 0.00351. The van der Waals surface area contributed by atoms with Crippen molar-refractivity contribution < 1.29 is 29.3 Å². The van der Waals surface area contributed by atoms with Crippen LogP contribution >= 0.6 is 21.6 Å². The predicted molar refractivity (Wildman–Crippen MR) is 204 cm³/mol. The highest BCUT2D eigenvalue weighted by molar-refractivity contribution is 8.76. The number of rotatable bonds is 4. The van der Waals surface area contributed by atoms with Crippen molar-refractivity contribution in [1.82, 2.24) is 15.5 Å². The Morgan fingerprint density at radius 2 is 1.98 bits per heavy atom. The van der Waals surface area contributed by atoms with Gasteiger partial charge in [-0.25, -0.2) is 4.99 Å². The number of amides is 1. The number of carbonyl (C=O) groups excluding carboxylic acids is 2. The number of hydrogen-bond acceptors (Lipinski definition) is 13. The molecule has 6 bridgehead atoms. The number of aliphatic hydroxyl groups is 1. The van der Waals surface area contributed by atoms with Gasteiger partial charge in [-0.2, -0.15) is 0 Å². The topological polar surface area (TPSA) is 185 Å². The number of nitrogens with zero attached hydrogens (tertiary/aromatic N) is 2. The largest absolute Gasteiger partial charge is 0.504 e. The Bertz CT molecular complexity index is 1490. The van der Waals surface area contributed by atoms with Gasteiger partial charge in [0.05, 0.1) is 24.9 Å². The quantitative estimate of drug-likeness (QED) is 0.189. The summed E-state index contributed by atoms with van der Waals surface area (Å²) in [6, 6.07) is 3.73. The Kier molecular flexibility index (Phi) is 13.8. The zero-order valence-corrected chi connectivity index (χ0v) is 31.7. The van der Waals surface area contributed by atoms with Gasteiger partial charge in [-0.15, -0.1) is 0 Å². The predicted octanol–water partition coefficient (Wildman–Crippen LogP) is 4.44. The van der Waals surface area contributed by atoms with Crippen molar-refractivity contribution in [2.75, 3.05) is 38.4 Å². The van der Waals surface area contributed by atoms with Crippen LogP contribution in [0.1, 0.15) is 88.7 Å². The Balaban J connectivity index is 1.40. The number of phenols is 1. The van der Waals surface area contributed by atoms with E-state index in [1.165, 1.54) is 14.0 Å². The second kappa shape index (κ2) is 18.0. The first-order valence-corrected chi connectivity index (χ1v) is 20.7. The number of carbonyl (C=O) groups is 2. The minimum Gasteiger partial charge on any atom is -0.504 e. The third-order valence-corrected chi connectivity index (χ3v) is 12.9. The first-order chi connectivity index (χ1) is 24.5. The Morgan fingerprint density at radius 1 is 1.14 bits per heavy atom. The van der Waals surface area contributed by atoms with Crippen LogP contribution in [0.15, 0.2) is 40.7 Å². The number of aryl methyl sites for hydroxylation is 1. The summed E-state index contributed by atoms with van der Waals surface area (Å²) >= 11 is 0. The number of aliphatic hydroxyl groups excluding tert-OH is 1. The molecule has 282 valence electrons. The first-order valence-electron chi connectivity index (χ1n) is 18.2. The van der Waals surface area contributed by atoms with Crippen molar-refractivity contribution in [1.29, 1.82) is 0 Å². The normalized spacial score (nSPS) is 28.8. The van der Waals surface area contributed by atoms with E-state index in [2.05, 4.69) is 21.7 Å². The molecule has 2 fully saturated rings. The second-order valence-corrected chi connectivity index (χ2v) is 17.2. The van der Waals surface area contributed by atoms with E-state index in [9.17, 15) is 19.8 Å². The van der Waals surface area contributed by atoms with E-state index in [-0.39, 0.29) is 35.5 Å². The van der Waals surface area contributed by atoms with Gasteiger partial charge in [0.1, 0.15) is 5.60 Å². The molecular weight excluding hydrogens is 689 g/mol. The molecule has 1 aromatic carbocycles. The average molecular weight is 745 g/mol. The Hall–Kier alpha value is -3.23. The summed E-state index contributed by atoms with van der Waals surface area (Å²) < 4.78 is 11.6. The highest BCUT2D eigenvalue weighted by Crippen LogP contribution is 2.44. The molecule has 51 heavy (non-hydrogen) atoms. The van der Waals surface area contributed by atoms with E-state index in [1.54, 1.807) is 21.6 Å². The maximum atomic E-state index is 13.7. The molecule has 8 N–H and O–H groups in total. The van der Waals surface area contributed by atoms with Crippen LogP contribution in [-0.4, -0.2) is 83.0 Å². The molecule has 14 heteroatoms. The third-order valence-electron chi connectivity index (χ3n) is 10.8. The van der Waals surface area contributed by atoms with E-state index >= 15 is 0 Å². The zero-order valence-electron chi connectivity index (χ0n) is 30.1. The molecule has 0 aromatic heterocycles. The highest BCUT2D eigenvalue weighted by atomic mass is 33.1. The SMILES string of the molecule is COc1cc2cc(c1O)CN1C[C@](CC3=CCNC(N)=C3)(CCNC(N)=NCSSCCCCC[C@@H]3CC[C@@](OC(C)=O)(CC2)C[C@H]3O)CC1=O. The summed E-state index contributed by atoms with van der Waals surface area (Å²) in [6.07, 6.45) is 12.4. The molecule has 6 rings (SSSR count). The summed E-state index contributed by atoms with van der Waals surface area (Å²) in [5.74, 6) is 2.76. The molecule has 1 aromatic rings. The van der Waals surface area contributed by atoms with Crippen LogP contribution in [0.3, 0.4) is 0 Å². The first kappa shape index (κ1) is 39.0. The lowest BCUT2D eigenvalue weighted by atomic mass is 9.72. The van der Waals surface area contributed by atoms with Crippen molar-refractivity contribution in [3.63, 3.8) is 0 Å². The fourth-order valence-electron chi connectivity index (χ4n) is 8.14. The molecule has 5 aliphatic rings. The van der Waals surface area contributed by atoms with E-state index in [1.807, 2.05) is 23.1 Å². The molecule has 4 heterocycles. The number of guanidine groups is 1. The van der Waals surface area contributed by atoms with Crippen LogP contribution in [0.25, 0.3) is 0 Å². The molecule has 1 amide bonds. The van der Waals surface area contributed by atoms with Gasteiger partial charge in [-0.1, -0.05) is 46.6 Å². The van der Waals surface area contributed by atoms with Gasteiger partial charge in [0, 0.05) is 62.7 Å². The number of methoxy groups -OCH3 is 1. The van der Waals surface area contributed by atoms with Crippen molar-refractivity contribution in [3.05, 3.63) is 46.8 Å². The van der Waals surface area contributed by atoms with Crippen molar-refractivity contribution >= 4 is 39.4 Å². The van der Waals surface area contributed by atoms with Gasteiger partial charge in [0.2, 0.25) is 5.91 Å². The number of esters is 1. The lowest BCUT2D eigenvalue weighted by Crippen LogP contribution is -2.45. The molecule has 0 radical (unpaired) electrons. The van der Waals surface area contributed by atoms with Gasteiger partial charge in [0.25, 0.3) is 0 Å². The summed E-state index contributed by atoms with van der Waals surface area (Å²) in [5.41, 5.74) is 13.8. The molecule has 1 saturated carbocycles. The smallest absolute Gasteiger partial charge is 0.303 e. The molecule has 0 unspecified atom stereocenters. The summed E-state index contributed by atoms with van der Waals surface area (Å²) in [4.78, 5) is 32.4. The van der Waals surface area contributed by atoms with Crippen molar-refractivity contribution in [3.8, 4) is 11.5 Å². The molecule has 0 spiro atoms. The van der Waals surface area contributed by atoms with Crippen LogP contribution in [0.5, 0.6) is 11.5 Å². The number of fused-ring (bicyclic) bond motifs is 14. The number of ether oxygens (including phenoxy) is 2. The molecule has 12 nitrogen and oxygen atoms in total. The monoisotopic (exact) mass is 744 g/mol. The van der Waals surface area contributed by atoms with Gasteiger partial charge in [0.15, 0.2) is 17.5 Å². The van der Waals surface area contributed by atoms with Crippen molar-refractivity contribution in [2.45, 2.75) is 102 Å². The molecular formula is C37H56N6O6S2. The second-order valence-electron chi connectivity index (χ2n) is 14.7. The summed E-state index contributed by atoms with van der Waals surface area (Å²) in [6.45, 7) is 3.34. The zero-order chi connectivity index (χ0) is 36.4. The molecule has 1 saturated heterocycles. The number of nitrogens with two attached hydrogens (primary N) is 2. The summed E-state index contributed by atoms with van der Waals surface area (Å²) in [5, 5.41) is 28.9.